The second-order valence-electron chi connectivity index (χ2n) is 14.6. The Morgan fingerprint density at radius 3 is 1.13 bits per heavy atom. The van der Waals surface area contributed by atoms with Crippen molar-refractivity contribution in [3.8, 4) is 0 Å². The molecule has 0 aliphatic heterocycles. The number of ether oxygens (including phenoxy) is 2. The van der Waals surface area contributed by atoms with Crippen LogP contribution < -0.4 is 0 Å². The first-order valence-corrected chi connectivity index (χ1v) is 21.1. The molecular formula is C43H64N8O4. The summed E-state index contributed by atoms with van der Waals surface area (Å²) in [4.78, 5) is 27.3. The summed E-state index contributed by atoms with van der Waals surface area (Å²) in [5.41, 5.74) is 2.35. The second-order valence-corrected chi connectivity index (χ2v) is 14.6. The van der Waals surface area contributed by atoms with E-state index in [2.05, 4.69) is 55.1 Å². The lowest BCUT2D eigenvalue weighted by Gasteiger charge is -2.06. The Morgan fingerprint density at radius 1 is 0.436 bits per heavy atom. The van der Waals surface area contributed by atoms with E-state index in [4.69, 9.17) is 9.47 Å². The number of hydrogen-bond donors (Lipinski definition) is 0. The van der Waals surface area contributed by atoms with Crippen LogP contribution in [0.1, 0.15) is 158 Å². The molecule has 0 atom stereocenters. The lowest BCUT2D eigenvalue weighted by molar-refractivity contribution is -0.154. The minimum atomic E-state index is -0.485. The van der Waals surface area contributed by atoms with Crippen molar-refractivity contribution in [2.45, 2.75) is 161 Å². The Hall–Kier alpha value is -4.48. The van der Waals surface area contributed by atoms with Crippen LogP contribution in [0.15, 0.2) is 60.7 Å². The van der Waals surface area contributed by atoms with Gasteiger partial charge < -0.3 is 9.47 Å². The lowest BCUT2D eigenvalue weighted by Crippen LogP contribution is -2.15. The van der Waals surface area contributed by atoms with E-state index < -0.39 is 11.9 Å². The SMILES string of the molecule is O=C(CC(=O)OCCCCCCCCCCCCc1nnn(Cc2ccccc2)n1)OCCCCCCCCCCCCc1nnn(Cc2ccccc2)n1. The van der Waals surface area contributed by atoms with Crippen LogP contribution in [0.2, 0.25) is 0 Å². The Balaban J connectivity index is 0.823. The van der Waals surface area contributed by atoms with Gasteiger partial charge in [0.05, 0.1) is 26.3 Å². The van der Waals surface area contributed by atoms with Crippen molar-refractivity contribution in [2.24, 2.45) is 0 Å². The first-order valence-electron chi connectivity index (χ1n) is 21.1. The van der Waals surface area contributed by atoms with E-state index in [0.29, 0.717) is 26.3 Å². The van der Waals surface area contributed by atoms with Gasteiger partial charge in [0.1, 0.15) is 6.42 Å². The zero-order valence-corrected chi connectivity index (χ0v) is 33.1. The molecule has 0 radical (unpaired) electrons. The molecule has 0 aliphatic rings. The third kappa shape index (κ3) is 20.7. The van der Waals surface area contributed by atoms with Crippen LogP contribution in [0.25, 0.3) is 0 Å². The average molecular weight is 757 g/mol. The first kappa shape index (κ1) is 43.3. The fourth-order valence-electron chi connectivity index (χ4n) is 6.57. The Kier molecular flexibility index (Phi) is 22.0. The minimum Gasteiger partial charge on any atom is -0.465 e. The molecule has 2 aromatic heterocycles. The zero-order valence-electron chi connectivity index (χ0n) is 33.1. The van der Waals surface area contributed by atoms with E-state index in [0.717, 1.165) is 75.9 Å². The quantitative estimate of drug-likeness (QED) is 0.0270. The predicted octanol–water partition coefficient (Wildman–Crippen LogP) is 8.82. The molecule has 4 aromatic rings. The van der Waals surface area contributed by atoms with Gasteiger partial charge in [-0.25, -0.2) is 0 Å². The summed E-state index contributed by atoms with van der Waals surface area (Å²) >= 11 is 0. The van der Waals surface area contributed by atoms with Gasteiger partial charge in [-0.15, -0.1) is 20.4 Å². The van der Waals surface area contributed by atoms with Crippen LogP contribution >= 0.6 is 0 Å². The van der Waals surface area contributed by atoms with Crippen molar-refractivity contribution >= 4 is 11.9 Å². The van der Waals surface area contributed by atoms with Crippen molar-refractivity contribution in [3.05, 3.63) is 83.4 Å². The number of tetrazole rings is 2. The van der Waals surface area contributed by atoms with Crippen molar-refractivity contribution < 1.29 is 19.1 Å². The predicted molar refractivity (Wildman–Crippen MR) is 213 cm³/mol. The molecule has 0 saturated carbocycles. The van der Waals surface area contributed by atoms with E-state index >= 15 is 0 Å². The van der Waals surface area contributed by atoms with E-state index in [1.807, 2.05) is 36.4 Å². The van der Waals surface area contributed by atoms with Crippen molar-refractivity contribution in [3.63, 3.8) is 0 Å². The molecule has 0 saturated heterocycles. The number of aromatic nitrogens is 8. The van der Waals surface area contributed by atoms with Gasteiger partial charge in [0.2, 0.25) is 0 Å². The molecule has 12 heteroatoms. The number of aryl methyl sites for hydroxylation is 2. The van der Waals surface area contributed by atoms with Crippen molar-refractivity contribution in [2.75, 3.05) is 13.2 Å². The summed E-state index contributed by atoms with van der Waals surface area (Å²) in [5, 5.41) is 25.7. The Bertz CT molecular complexity index is 1450. The van der Waals surface area contributed by atoms with Gasteiger partial charge in [-0.3, -0.25) is 9.59 Å². The van der Waals surface area contributed by atoms with Crippen LogP contribution in [-0.2, 0) is 45.0 Å². The van der Waals surface area contributed by atoms with Gasteiger partial charge in [0.25, 0.3) is 0 Å². The van der Waals surface area contributed by atoms with E-state index in [1.165, 1.54) is 88.2 Å². The van der Waals surface area contributed by atoms with E-state index in [1.54, 1.807) is 9.59 Å². The Labute approximate surface area is 328 Å². The molecule has 0 bridgehead atoms. The smallest absolute Gasteiger partial charge is 0.317 e. The molecule has 2 aromatic carbocycles. The highest BCUT2D eigenvalue weighted by atomic mass is 16.6. The molecule has 55 heavy (non-hydrogen) atoms. The number of nitrogens with zero attached hydrogens (tertiary/aromatic N) is 8. The molecule has 0 spiro atoms. The maximum atomic E-state index is 12.0. The van der Waals surface area contributed by atoms with Crippen LogP contribution in [0, 0.1) is 0 Å². The highest BCUT2D eigenvalue weighted by Gasteiger charge is 2.12. The second kappa shape index (κ2) is 28.0. The van der Waals surface area contributed by atoms with Gasteiger partial charge in [-0.1, -0.05) is 163 Å². The number of unbranched alkanes of at least 4 members (excludes halogenated alkanes) is 18. The molecule has 12 nitrogen and oxygen atoms in total. The monoisotopic (exact) mass is 757 g/mol. The molecule has 0 N–H and O–H groups in total. The fourth-order valence-corrected chi connectivity index (χ4v) is 6.57. The molecule has 0 unspecified atom stereocenters. The molecule has 0 amide bonds. The first-order chi connectivity index (χ1) is 27.1. The molecular weight excluding hydrogens is 693 g/mol. The van der Waals surface area contributed by atoms with E-state index in [9.17, 15) is 9.59 Å². The van der Waals surface area contributed by atoms with Crippen LogP contribution in [-0.4, -0.2) is 65.6 Å². The number of hydrogen-bond acceptors (Lipinski definition) is 10. The minimum absolute atomic E-state index is 0.296. The molecule has 0 fully saturated rings. The summed E-state index contributed by atoms with van der Waals surface area (Å²) in [6, 6.07) is 20.4. The topological polar surface area (TPSA) is 140 Å². The molecule has 2 heterocycles. The van der Waals surface area contributed by atoms with Crippen molar-refractivity contribution in [1.29, 1.82) is 0 Å². The summed E-state index contributed by atoms with van der Waals surface area (Å²) in [7, 11) is 0. The number of carbonyl (C=O) groups excluding carboxylic acids is 2. The lowest BCUT2D eigenvalue weighted by atomic mass is 10.1. The molecule has 300 valence electrons. The van der Waals surface area contributed by atoms with Crippen LogP contribution in [0.3, 0.4) is 0 Å². The van der Waals surface area contributed by atoms with Gasteiger partial charge in [0, 0.05) is 12.8 Å². The van der Waals surface area contributed by atoms with Gasteiger partial charge in [-0.05, 0) is 47.2 Å². The standard InChI is InChI=1S/C43H64N8O4/c52-42(54-33-25-15-11-7-3-1-5-9-13-23-31-40-44-48-50(46-40)36-38-27-19-17-20-28-38)35-43(53)55-34-26-16-12-8-4-2-6-10-14-24-32-41-45-49-51(47-41)37-39-29-21-18-22-30-39/h17-22,27-30H,1-16,23-26,31-37H2. The highest BCUT2D eigenvalue weighted by Crippen LogP contribution is 2.14. The number of carbonyl (C=O) groups is 2. The van der Waals surface area contributed by atoms with Crippen molar-refractivity contribution in [1.82, 2.24) is 40.4 Å². The van der Waals surface area contributed by atoms with Crippen LogP contribution in [0.4, 0.5) is 0 Å². The maximum absolute atomic E-state index is 12.0. The molecule has 4 rings (SSSR count). The third-order valence-corrected chi connectivity index (χ3v) is 9.73. The summed E-state index contributed by atoms with van der Waals surface area (Å²) in [6.45, 7) is 2.06. The average Bonchev–Trinajstić information content (AvgIpc) is 3.85. The summed E-state index contributed by atoms with van der Waals surface area (Å²) < 4.78 is 10.5. The van der Waals surface area contributed by atoms with E-state index in [-0.39, 0.29) is 6.42 Å². The summed E-state index contributed by atoms with van der Waals surface area (Å²) in [6.07, 6.45) is 24.5. The normalized spacial score (nSPS) is 11.2. The number of rotatable bonds is 32. The number of esters is 2. The fraction of sp³-hybridized carbons (Fsp3) is 0.628. The highest BCUT2D eigenvalue weighted by molar-refractivity contribution is 5.91. The maximum Gasteiger partial charge on any atom is 0.317 e. The van der Waals surface area contributed by atoms with Gasteiger partial charge in [-0.2, -0.15) is 9.59 Å². The van der Waals surface area contributed by atoms with Gasteiger partial charge in [0.15, 0.2) is 11.6 Å². The summed E-state index contributed by atoms with van der Waals surface area (Å²) in [5.74, 6) is 0.689. The largest absolute Gasteiger partial charge is 0.465 e. The van der Waals surface area contributed by atoms with Crippen LogP contribution in [0.5, 0.6) is 0 Å². The Morgan fingerprint density at radius 2 is 0.764 bits per heavy atom. The zero-order chi connectivity index (χ0) is 38.4. The third-order valence-electron chi connectivity index (χ3n) is 9.73. The molecule has 0 aliphatic carbocycles. The number of benzene rings is 2. The van der Waals surface area contributed by atoms with Gasteiger partial charge >= 0.3 is 11.9 Å².